The number of carboxylic acid groups (broad SMARTS) is 1. The van der Waals surface area contributed by atoms with Gasteiger partial charge >= 0.3 is 18.1 Å². The quantitative estimate of drug-likeness (QED) is 0.776. The maximum absolute atomic E-state index is 13.0. The minimum absolute atomic E-state index is 0.0909. The molecule has 2 heterocycles. The molecule has 0 radical (unpaired) electrons. The SMILES string of the molecule is COC(=O)c1cc(S(=O)(=O)N2C[C@@H](C(F)(F)F)[C@H](C(=O)O)C2)oc1C. The summed E-state index contributed by atoms with van der Waals surface area (Å²) < 4.78 is 73.7. The van der Waals surface area contributed by atoms with E-state index >= 15 is 0 Å². The molecular weight excluding hydrogens is 371 g/mol. The predicted molar refractivity (Wildman–Crippen MR) is 74.2 cm³/mol. The van der Waals surface area contributed by atoms with Crippen LogP contribution in [-0.4, -0.2) is 56.1 Å². The van der Waals surface area contributed by atoms with Gasteiger partial charge in [-0.3, -0.25) is 4.79 Å². The van der Waals surface area contributed by atoms with Crippen molar-refractivity contribution in [3.8, 4) is 0 Å². The summed E-state index contributed by atoms with van der Waals surface area (Å²) in [5.74, 6) is -6.97. The number of alkyl halides is 3. The first kappa shape index (κ1) is 19.2. The minimum atomic E-state index is -4.87. The fourth-order valence-electron chi connectivity index (χ4n) is 2.57. The molecule has 0 bridgehead atoms. The number of hydrogen-bond donors (Lipinski definition) is 1. The summed E-state index contributed by atoms with van der Waals surface area (Å²) in [5.41, 5.74) is -0.192. The zero-order valence-corrected chi connectivity index (χ0v) is 13.8. The average Bonchev–Trinajstić information content (AvgIpc) is 3.10. The van der Waals surface area contributed by atoms with Gasteiger partial charge in [0.05, 0.1) is 18.9 Å². The van der Waals surface area contributed by atoms with E-state index in [1.54, 1.807) is 0 Å². The molecule has 8 nitrogen and oxygen atoms in total. The highest BCUT2D eigenvalue weighted by atomic mass is 32.2. The second kappa shape index (κ2) is 6.33. The molecule has 2 rings (SSSR count). The highest BCUT2D eigenvalue weighted by Crippen LogP contribution is 2.40. The molecule has 0 amide bonds. The number of carbonyl (C=O) groups excluding carboxylic acids is 1. The Labute approximate surface area is 140 Å². The molecule has 1 aromatic rings. The maximum atomic E-state index is 13.0. The number of nitrogens with zero attached hydrogens (tertiary/aromatic N) is 1. The molecule has 1 N–H and O–H groups in total. The van der Waals surface area contributed by atoms with Crippen LogP contribution in [0.1, 0.15) is 16.1 Å². The number of esters is 1. The zero-order valence-electron chi connectivity index (χ0n) is 13.0. The zero-order chi connectivity index (χ0) is 19.2. The van der Waals surface area contributed by atoms with Gasteiger partial charge in [0.25, 0.3) is 10.0 Å². The van der Waals surface area contributed by atoms with E-state index in [1.165, 1.54) is 6.92 Å². The van der Waals surface area contributed by atoms with E-state index in [2.05, 4.69) is 4.74 Å². The van der Waals surface area contributed by atoms with Gasteiger partial charge in [-0.2, -0.15) is 17.5 Å². The number of aryl methyl sites for hydroxylation is 1. The number of hydrogen-bond acceptors (Lipinski definition) is 6. The smallest absolute Gasteiger partial charge is 0.393 e. The van der Waals surface area contributed by atoms with Crippen LogP contribution in [0.5, 0.6) is 0 Å². The van der Waals surface area contributed by atoms with Gasteiger partial charge in [-0.15, -0.1) is 0 Å². The van der Waals surface area contributed by atoms with E-state index in [4.69, 9.17) is 9.52 Å². The summed E-state index contributed by atoms with van der Waals surface area (Å²) in [5, 5.41) is 8.20. The van der Waals surface area contributed by atoms with Crippen molar-refractivity contribution in [2.75, 3.05) is 20.2 Å². The van der Waals surface area contributed by atoms with Crippen molar-refractivity contribution in [3.63, 3.8) is 0 Å². The molecule has 0 aliphatic carbocycles. The Morgan fingerprint density at radius 3 is 2.40 bits per heavy atom. The summed E-state index contributed by atoms with van der Waals surface area (Å²) in [7, 11) is -3.48. The van der Waals surface area contributed by atoms with Gasteiger partial charge in [0.1, 0.15) is 11.3 Å². The molecule has 0 unspecified atom stereocenters. The Bertz CT molecular complexity index is 799. The monoisotopic (exact) mass is 385 g/mol. The highest BCUT2D eigenvalue weighted by molar-refractivity contribution is 7.89. The largest absolute Gasteiger partial charge is 0.481 e. The molecule has 0 saturated carbocycles. The summed E-state index contributed by atoms with van der Waals surface area (Å²) in [6.45, 7) is -0.612. The van der Waals surface area contributed by atoms with Gasteiger partial charge in [-0.25, -0.2) is 13.2 Å². The van der Waals surface area contributed by atoms with Crippen molar-refractivity contribution in [2.24, 2.45) is 11.8 Å². The van der Waals surface area contributed by atoms with E-state index in [0.717, 1.165) is 13.2 Å². The molecule has 1 aliphatic heterocycles. The van der Waals surface area contributed by atoms with Crippen LogP contribution in [0, 0.1) is 18.8 Å². The first-order valence-electron chi connectivity index (χ1n) is 6.88. The molecule has 0 aromatic carbocycles. The molecular formula is C13H14F3NO7S. The van der Waals surface area contributed by atoms with E-state index in [9.17, 15) is 31.2 Å². The third-order valence-corrected chi connectivity index (χ3v) is 5.61. The summed E-state index contributed by atoms with van der Waals surface area (Å²) in [6, 6.07) is 0.840. The van der Waals surface area contributed by atoms with Gasteiger partial charge < -0.3 is 14.3 Å². The van der Waals surface area contributed by atoms with Gasteiger partial charge in [-0.05, 0) is 6.92 Å². The predicted octanol–water partition coefficient (Wildman–Crippen LogP) is 1.26. The topological polar surface area (TPSA) is 114 Å². The lowest BCUT2D eigenvalue weighted by Crippen LogP contribution is -2.34. The lowest BCUT2D eigenvalue weighted by Gasteiger charge is -2.18. The molecule has 25 heavy (non-hydrogen) atoms. The fraction of sp³-hybridized carbons (Fsp3) is 0.538. The Hall–Kier alpha value is -2.08. The van der Waals surface area contributed by atoms with Gasteiger partial charge in [0, 0.05) is 19.2 Å². The van der Waals surface area contributed by atoms with Crippen LogP contribution >= 0.6 is 0 Å². The first-order chi connectivity index (χ1) is 11.4. The van der Waals surface area contributed by atoms with Crippen molar-refractivity contribution in [3.05, 3.63) is 17.4 Å². The van der Waals surface area contributed by atoms with Crippen molar-refractivity contribution in [2.45, 2.75) is 18.2 Å². The summed E-state index contributed by atoms with van der Waals surface area (Å²) in [4.78, 5) is 22.6. The number of carbonyl (C=O) groups is 2. The van der Waals surface area contributed by atoms with E-state index < -0.39 is 58.2 Å². The second-order valence-corrected chi connectivity index (χ2v) is 7.31. The van der Waals surface area contributed by atoms with Crippen LogP contribution < -0.4 is 0 Å². The van der Waals surface area contributed by atoms with E-state index in [-0.39, 0.29) is 11.3 Å². The van der Waals surface area contributed by atoms with Crippen molar-refractivity contribution in [1.29, 1.82) is 0 Å². The lowest BCUT2D eigenvalue weighted by atomic mass is 9.96. The molecule has 12 heteroatoms. The molecule has 140 valence electrons. The van der Waals surface area contributed by atoms with Crippen LogP contribution in [0.3, 0.4) is 0 Å². The Morgan fingerprint density at radius 1 is 1.36 bits per heavy atom. The van der Waals surface area contributed by atoms with Crippen LogP contribution in [0.2, 0.25) is 0 Å². The van der Waals surface area contributed by atoms with Crippen molar-refractivity contribution < 1.29 is 45.4 Å². The summed E-state index contributed by atoms with van der Waals surface area (Å²) >= 11 is 0. The Balaban J connectivity index is 2.38. The third kappa shape index (κ3) is 3.49. The number of methoxy groups -OCH3 is 1. The van der Waals surface area contributed by atoms with Gasteiger partial charge in [0.15, 0.2) is 0 Å². The number of rotatable bonds is 4. The van der Waals surface area contributed by atoms with Crippen molar-refractivity contribution in [1.82, 2.24) is 4.31 Å². The normalized spacial score (nSPS) is 22.1. The molecule has 0 spiro atoms. The number of halogens is 3. The number of sulfonamides is 1. The van der Waals surface area contributed by atoms with Crippen LogP contribution in [0.15, 0.2) is 15.6 Å². The molecule has 1 aromatic heterocycles. The van der Waals surface area contributed by atoms with E-state index in [0.29, 0.717) is 4.31 Å². The fourth-order valence-corrected chi connectivity index (χ4v) is 4.03. The maximum Gasteiger partial charge on any atom is 0.393 e. The molecule has 1 saturated heterocycles. The molecule has 1 aliphatic rings. The number of ether oxygens (including phenoxy) is 1. The van der Waals surface area contributed by atoms with Crippen molar-refractivity contribution >= 4 is 22.0 Å². The van der Waals surface area contributed by atoms with Crippen LogP contribution in [0.4, 0.5) is 13.2 Å². The lowest BCUT2D eigenvalue weighted by molar-refractivity contribution is -0.187. The highest BCUT2D eigenvalue weighted by Gasteiger charge is 2.55. The first-order valence-corrected chi connectivity index (χ1v) is 8.32. The van der Waals surface area contributed by atoms with Gasteiger partial charge in [0.2, 0.25) is 5.09 Å². The molecule has 2 atom stereocenters. The Morgan fingerprint density at radius 2 is 1.96 bits per heavy atom. The van der Waals surface area contributed by atoms with Gasteiger partial charge in [-0.1, -0.05) is 0 Å². The summed E-state index contributed by atoms with van der Waals surface area (Å²) in [6.07, 6.45) is -4.87. The second-order valence-electron chi connectivity index (χ2n) is 5.44. The molecule has 1 fully saturated rings. The number of aliphatic carboxylic acids is 1. The minimum Gasteiger partial charge on any atom is -0.481 e. The number of furan rings is 1. The third-order valence-electron chi connectivity index (χ3n) is 3.92. The van der Waals surface area contributed by atoms with E-state index in [1.807, 2.05) is 0 Å². The average molecular weight is 385 g/mol. The standard InChI is InChI=1S/C13H14F3NO7S/c1-6-7(12(20)23-2)3-10(24-6)25(21,22)17-4-8(11(18)19)9(5-17)13(14,15)16/h3,8-9H,4-5H2,1-2H3,(H,18,19)/t8-,9-/m1/s1. The van der Waals surface area contributed by atoms with Crippen LogP contribution in [0.25, 0.3) is 0 Å². The Kier molecular flexibility index (Phi) is 4.88. The number of carboxylic acids is 1. The van der Waals surface area contributed by atoms with Crippen LogP contribution in [-0.2, 0) is 19.6 Å².